The quantitative estimate of drug-likeness (QED) is 0.754. The van der Waals surface area contributed by atoms with Crippen LogP contribution in [0.15, 0.2) is 48.5 Å². The second-order valence-corrected chi connectivity index (χ2v) is 6.67. The van der Waals surface area contributed by atoms with Gasteiger partial charge >= 0.3 is 0 Å². The van der Waals surface area contributed by atoms with Crippen LogP contribution in [0.4, 0.5) is 0 Å². The smallest absolute Gasteiger partial charge is 0.268 e. The lowest BCUT2D eigenvalue weighted by Crippen LogP contribution is -2.31. The van der Waals surface area contributed by atoms with Crippen LogP contribution in [-0.2, 0) is 13.1 Å². The Kier molecular flexibility index (Phi) is 4.14. The summed E-state index contributed by atoms with van der Waals surface area (Å²) in [5, 5.41) is 4.50. The number of aromatic nitrogens is 1. The van der Waals surface area contributed by atoms with Crippen molar-refractivity contribution in [2.75, 3.05) is 0 Å². The molecule has 0 fully saturated rings. The maximum atomic E-state index is 12.8. The molecule has 4 nitrogen and oxygen atoms in total. The first-order valence-corrected chi connectivity index (χ1v) is 8.85. The van der Waals surface area contributed by atoms with E-state index in [4.69, 9.17) is 16.3 Å². The Bertz CT molecular complexity index is 934. The molecule has 1 aliphatic rings. The van der Waals surface area contributed by atoms with Gasteiger partial charge in [-0.05, 0) is 30.2 Å². The van der Waals surface area contributed by atoms with Gasteiger partial charge in [0.25, 0.3) is 5.91 Å². The minimum atomic E-state index is -0.0983. The van der Waals surface area contributed by atoms with E-state index in [0.29, 0.717) is 23.8 Å². The average Bonchev–Trinajstić information content (AvgIpc) is 3.04. The number of rotatable bonds is 4. The standard InChI is InChI=1S/C20H19ClN2O2/c1-2-14-12-23-17(20(24)22-11-13-6-4-3-5-7-13)10-15-16(21)8-9-18(25-14)19(15)23/h3-10,14H,2,11-12H2,1H3,(H,22,24). The van der Waals surface area contributed by atoms with E-state index in [1.54, 1.807) is 0 Å². The van der Waals surface area contributed by atoms with E-state index in [-0.39, 0.29) is 12.0 Å². The van der Waals surface area contributed by atoms with Crippen LogP contribution >= 0.6 is 11.6 Å². The third-order valence-electron chi connectivity index (χ3n) is 4.63. The predicted molar refractivity (Wildman–Crippen MR) is 99.3 cm³/mol. The number of halogens is 1. The Morgan fingerprint density at radius 2 is 2.08 bits per heavy atom. The first-order chi connectivity index (χ1) is 12.2. The monoisotopic (exact) mass is 354 g/mol. The lowest BCUT2D eigenvalue weighted by atomic mass is 10.2. The van der Waals surface area contributed by atoms with Crippen molar-refractivity contribution in [1.29, 1.82) is 0 Å². The molecule has 4 rings (SSSR count). The maximum Gasteiger partial charge on any atom is 0.268 e. The van der Waals surface area contributed by atoms with E-state index in [2.05, 4.69) is 12.2 Å². The number of nitrogens with zero attached hydrogens (tertiary/aromatic N) is 1. The molecule has 0 spiro atoms. The Labute approximate surface area is 151 Å². The van der Waals surface area contributed by atoms with Gasteiger partial charge < -0.3 is 14.6 Å². The minimum absolute atomic E-state index is 0.0601. The molecule has 25 heavy (non-hydrogen) atoms. The lowest BCUT2D eigenvalue weighted by Gasteiger charge is -2.26. The SMILES string of the molecule is CCC1Cn2c(C(=O)NCc3ccccc3)cc3c(Cl)ccc(c32)O1. The number of hydrogen-bond acceptors (Lipinski definition) is 2. The van der Waals surface area contributed by atoms with Gasteiger partial charge in [-0.2, -0.15) is 0 Å². The molecule has 1 aliphatic heterocycles. The second kappa shape index (κ2) is 6.45. The van der Waals surface area contributed by atoms with Crippen molar-refractivity contribution < 1.29 is 9.53 Å². The molecular formula is C20H19ClN2O2. The molecule has 3 aromatic rings. The largest absolute Gasteiger partial charge is 0.486 e. The summed E-state index contributed by atoms with van der Waals surface area (Å²) >= 11 is 6.34. The van der Waals surface area contributed by atoms with Crippen molar-refractivity contribution in [1.82, 2.24) is 9.88 Å². The molecule has 0 radical (unpaired) electrons. The molecule has 1 amide bonds. The molecule has 1 unspecified atom stereocenters. The predicted octanol–water partition coefficient (Wildman–Crippen LogP) is 4.40. The summed E-state index contributed by atoms with van der Waals surface area (Å²) in [5.74, 6) is 0.693. The van der Waals surface area contributed by atoms with E-state index < -0.39 is 0 Å². The van der Waals surface area contributed by atoms with Crippen molar-refractivity contribution in [3.8, 4) is 5.75 Å². The first-order valence-electron chi connectivity index (χ1n) is 8.48. The van der Waals surface area contributed by atoms with Crippen molar-refractivity contribution in [3.63, 3.8) is 0 Å². The van der Waals surface area contributed by atoms with Gasteiger partial charge in [-0.3, -0.25) is 4.79 Å². The van der Waals surface area contributed by atoms with E-state index in [1.807, 2.05) is 53.1 Å². The number of ether oxygens (including phenoxy) is 1. The van der Waals surface area contributed by atoms with E-state index in [1.165, 1.54) is 0 Å². The van der Waals surface area contributed by atoms with Crippen LogP contribution in [0.1, 0.15) is 29.4 Å². The van der Waals surface area contributed by atoms with Crippen molar-refractivity contribution >= 4 is 28.4 Å². The van der Waals surface area contributed by atoms with E-state index in [0.717, 1.165) is 28.6 Å². The van der Waals surface area contributed by atoms with Crippen molar-refractivity contribution in [3.05, 3.63) is 64.8 Å². The Morgan fingerprint density at radius 3 is 2.84 bits per heavy atom. The van der Waals surface area contributed by atoms with Gasteiger partial charge in [-0.25, -0.2) is 0 Å². The van der Waals surface area contributed by atoms with Crippen LogP contribution in [0.25, 0.3) is 10.9 Å². The van der Waals surface area contributed by atoms with Crippen LogP contribution in [0.2, 0.25) is 5.02 Å². The van der Waals surface area contributed by atoms with Gasteiger partial charge in [0.2, 0.25) is 0 Å². The fourth-order valence-corrected chi connectivity index (χ4v) is 3.50. The fraction of sp³-hybridized carbons (Fsp3) is 0.250. The average molecular weight is 355 g/mol. The zero-order chi connectivity index (χ0) is 17.4. The van der Waals surface area contributed by atoms with Gasteiger partial charge in [0, 0.05) is 11.9 Å². The van der Waals surface area contributed by atoms with Gasteiger partial charge in [0.1, 0.15) is 17.5 Å². The number of nitrogens with one attached hydrogen (secondary N) is 1. The van der Waals surface area contributed by atoms with Crippen LogP contribution < -0.4 is 10.1 Å². The highest BCUT2D eigenvalue weighted by atomic mass is 35.5. The summed E-state index contributed by atoms with van der Waals surface area (Å²) in [6.45, 7) is 3.23. The van der Waals surface area contributed by atoms with Crippen LogP contribution in [-0.4, -0.2) is 16.6 Å². The summed E-state index contributed by atoms with van der Waals surface area (Å²) < 4.78 is 8.06. The van der Waals surface area contributed by atoms with E-state index in [9.17, 15) is 4.79 Å². The summed E-state index contributed by atoms with van der Waals surface area (Å²) in [5.41, 5.74) is 2.60. The molecule has 5 heteroatoms. The first kappa shape index (κ1) is 16.0. The van der Waals surface area contributed by atoms with Gasteiger partial charge in [0.15, 0.2) is 0 Å². The highest BCUT2D eigenvalue weighted by molar-refractivity contribution is 6.36. The van der Waals surface area contributed by atoms with Crippen LogP contribution in [0, 0.1) is 0 Å². The number of carbonyl (C=O) groups is 1. The molecule has 1 aromatic heterocycles. The van der Waals surface area contributed by atoms with E-state index >= 15 is 0 Å². The van der Waals surface area contributed by atoms with Crippen molar-refractivity contribution in [2.45, 2.75) is 32.5 Å². The highest BCUT2D eigenvalue weighted by Gasteiger charge is 2.26. The fourth-order valence-electron chi connectivity index (χ4n) is 3.29. The molecule has 2 heterocycles. The summed E-state index contributed by atoms with van der Waals surface area (Å²) in [6.07, 6.45) is 0.942. The Morgan fingerprint density at radius 1 is 1.28 bits per heavy atom. The van der Waals surface area contributed by atoms with Gasteiger partial charge in [-0.1, -0.05) is 48.9 Å². The summed E-state index contributed by atoms with van der Waals surface area (Å²) in [7, 11) is 0. The number of hydrogen-bond donors (Lipinski definition) is 1. The molecular weight excluding hydrogens is 336 g/mol. The summed E-state index contributed by atoms with van der Waals surface area (Å²) in [6, 6.07) is 15.5. The maximum absolute atomic E-state index is 12.8. The highest BCUT2D eigenvalue weighted by Crippen LogP contribution is 2.38. The normalized spacial score (nSPS) is 15.8. The molecule has 1 atom stereocenters. The molecule has 2 aromatic carbocycles. The number of amides is 1. The van der Waals surface area contributed by atoms with Crippen LogP contribution in [0.5, 0.6) is 5.75 Å². The molecule has 0 saturated carbocycles. The third-order valence-corrected chi connectivity index (χ3v) is 4.96. The summed E-state index contributed by atoms with van der Waals surface area (Å²) in [4.78, 5) is 12.8. The van der Waals surface area contributed by atoms with Crippen molar-refractivity contribution in [2.24, 2.45) is 0 Å². The lowest BCUT2D eigenvalue weighted by molar-refractivity contribution is 0.0935. The zero-order valence-corrected chi connectivity index (χ0v) is 14.7. The molecule has 0 aliphatic carbocycles. The minimum Gasteiger partial charge on any atom is -0.486 e. The topological polar surface area (TPSA) is 43.3 Å². The molecule has 0 saturated heterocycles. The molecule has 1 N–H and O–H groups in total. The second-order valence-electron chi connectivity index (χ2n) is 6.26. The number of benzene rings is 2. The van der Waals surface area contributed by atoms with Gasteiger partial charge in [-0.15, -0.1) is 0 Å². The molecule has 128 valence electrons. The third kappa shape index (κ3) is 2.87. The Hall–Kier alpha value is -2.46. The zero-order valence-electron chi connectivity index (χ0n) is 14.0. The number of carbonyl (C=O) groups excluding carboxylic acids is 1. The Balaban J connectivity index is 1.69. The van der Waals surface area contributed by atoms with Crippen LogP contribution in [0.3, 0.4) is 0 Å². The molecule has 0 bridgehead atoms. The van der Waals surface area contributed by atoms with Gasteiger partial charge in [0.05, 0.1) is 17.1 Å².